The zero-order valence-corrected chi connectivity index (χ0v) is 12.3. The van der Waals surface area contributed by atoms with Gasteiger partial charge in [-0.1, -0.05) is 17.7 Å². The highest BCUT2D eigenvalue weighted by Gasteiger charge is 2.43. The average molecular weight is 298 g/mol. The van der Waals surface area contributed by atoms with Crippen LogP contribution in [-0.2, 0) is 21.4 Å². The zero-order chi connectivity index (χ0) is 15.9. The number of aromatic nitrogens is 1. The summed E-state index contributed by atoms with van der Waals surface area (Å²) in [7, 11) is 0. The number of allylic oxidation sites excluding steroid dienone is 2. The molecule has 0 saturated heterocycles. The quantitative estimate of drug-likeness (QED) is 0.756. The molecular formula is C16H18N4O2. The first kappa shape index (κ1) is 14.3. The molecule has 22 heavy (non-hydrogen) atoms. The van der Waals surface area contributed by atoms with Crippen LogP contribution in [0.25, 0.3) is 0 Å². The van der Waals surface area contributed by atoms with Gasteiger partial charge >= 0.3 is 0 Å². The second-order valence-electron chi connectivity index (χ2n) is 5.76. The summed E-state index contributed by atoms with van der Waals surface area (Å²) < 4.78 is 0. The van der Waals surface area contributed by atoms with Crippen molar-refractivity contribution in [1.82, 2.24) is 4.98 Å². The average Bonchev–Trinajstić information content (AvgIpc) is 2.94. The largest absolute Gasteiger partial charge is 0.370 e. The second kappa shape index (κ2) is 4.98. The number of hydrogen-bond donors (Lipinski definition) is 3. The first-order chi connectivity index (χ1) is 10.4. The summed E-state index contributed by atoms with van der Waals surface area (Å²) in [5.74, 6) is -0.197. The van der Waals surface area contributed by atoms with Crippen LogP contribution in [0.15, 0.2) is 35.6 Å². The van der Waals surface area contributed by atoms with E-state index in [1.165, 1.54) is 0 Å². The molecule has 2 aliphatic rings. The molecule has 1 aliphatic heterocycles. The molecule has 5 N–H and O–H groups in total. The van der Waals surface area contributed by atoms with E-state index in [-0.39, 0.29) is 6.42 Å². The third-order valence-corrected chi connectivity index (χ3v) is 4.55. The van der Waals surface area contributed by atoms with Crippen LogP contribution in [0.1, 0.15) is 24.5 Å². The van der Waals surface area contributed by atoms with Gasteiger partial charge in [-0.2, -0.15) is 0 Å². The molecule has 1 atom stereocenters. The lowest BCUT2D eigenvalue weighted by Gasteiger charge is -2.34. The second-order valence-corrected chi connectivity index (χ2v) is 5.76. The van der Waals surface area contributed by atoms with Crippen LogP contribution in [0.4, 0.5) is 5.82 Å². The number of nitrogens with one attached hydrogen (secondary N) is 1. The monoisotopic (exact) mass is 298 g/mol. The van der Waals surface area contributed by atoms with Gasteiger partial charge in [-0.15, -0.1) is 0 Å². The van der Waals surface area contributed by atoms with Gasteiger partial charge in [-0.3, -0.25) is 9.59 Å². The third kappa shape index (κ3) is 1.99. The van der Waals surface area contributed by atoms with Crippen molar-refractivity contribution in [3.63, 3.8) is 0 Å². The number of fused-ring (bicyclic) bond motifs is 1. The van der Waals surface area contributed by atoms with Crippen LogP contribution in [0.5, 0.6) is 0 Å². The van der Waals surface area contributed by atoms with E-state index in [9.17, 15) is 9.59 Å². The minimum absolute atomic E-state index is 0.174. The van der Waals surface area contributed by atoms with Crippen LogP contribution in [0.3, 0.4) is 0 Å². The van der Waals surface area contributed by atoms with Crippen molar-refractivity contribution in [2.75, 3.05) is 11.9 Å². The lowest BCUT2D eigenvalue weighted by atomic mass is 9.67. The van der Waals surface area contributed by atoms with Gasteiger partial charge in [0.2, 0.25) is 11.8 Å². The highest BCUT2D eigenvalue weighted by Crippen LogP contribution is 2.41. The van der Waals surface area contributed by atoms with Crippen molar-refractivity contribution >= 4 is 17.6 Å². The molecule has 6 heteroatoms. The van der Waals surface area contributed by atoms with E-state index < -0.39 is 17.2 Å². The molecule has 1 aromatic rings. The van der Waals surface area contributed by atoms with Crippen LogP contribution >= 0.6 is 0 Å². The van der Waals surface area contributed by atoms with Gasteiger partial charge in [-0.25, -0.2) is 4.98 Å². The lowest BCUT2D eigenvalue weighted by Crippen LogP contribution is -2.45. The maximum Gasteiger partial charge on any atom is 0.244 e. The number of amides is 2. The Balaban J connectivity index is 2.14. The molecule has 0 saturated carbocycles. The van der Waals surface area contributed by atoms with Gasteiger partial charge in [0.1, 0.15) is 11.2 Å². The minimum atomic E-state index is -1.07. The Labute approximate surface area is 128 Å². The lowest BCUT2D eigenvalue weighted by molar-refractivity contribution is -0.122. The molecule has 114 valence electrons. The SMILES string of the molecule is CC1=CC=C(C(N)=O)CC1(C(N)=O)c1cnc2c(c1)CCN2. The minimum Gasteiger partial charge on any atom is -0.370 e. The summed E-state index contributed by atoms with van der Waals surface area (Å²) in [5.41, 5.74) is 13.0. The maximum atomic E-state index is 12.3. The summed E-state index contributed by atoms with van der Waals surface area (Å²) in [6.45, 7) is 2.67. The van der Waals surface area contributed by atoms with E-state index in [4.69, 9.17) is 11.5 Å². The standard InChI is InChI=1S/C16H18N4O2/c1-9-2-3-11(13(17)21)7-16(9,15(18)22)12-6-10-4-5-19-14(10)20-8-12/h2-3,6,8H,4-5,7H2,1H3,(H2,17,21)(H2,18,22)(H,19,20). The third-order valence-electron chi connectivity index (χ3n) is 4.55. The fraction of sp³-hybridized carbons (Fsp3) is 0.312. The van der Waals surface area contributed by atoms with Gasteiger partial charge in [0, 0.05) is 24.7 Å². The topological polar surface area (TPSA) is 111 Å². The fourth-order valence-electron chi connectivity index (χ4n) is 3.18. The molecule has 2 heterocycles. The van der Waals surface area contributed by atoms with E-state index in [1.54, 1.807) is 18.3 Å². The Bertz CT molecular complexity index is 736. The Hall–Kier alpha value is -2.63. The molecule has 6 nitrogen and oxygen atoms in total. The number of nitrogens with two attached hydrogens (primary N) is 2. The molecule has 0 spiro atoms. The van der Waals surface area contributed by atoms with E-state index in [1.807, 2.05) is 13.0 Å². The first-order valence-corrected chi connectivity index (χ1v) is 7.16. The van der Waals surface area contributed by atoms with Crippen LogP contribution in [0.2, 0.25) is 0 Å². The molecule has 0 fully saturated rings. The highest BCUT2D eigenvalue weighted by atomic mass is 16.1. The van der Waals surface area contributed by atoms with Crippen LogP contribution in [0, 0.1) is 0 Å². The molecule has 1 unspecified atom stereocenters. The zero-order valence-electron chi connectivity index (χ0n) is 12.3. The van der Waals surface area contributed by atoms with Crippen LogP contribution < -0.4 is 16.8 Å². The van der Waals surface area contributed by atoms with Gasteiger partial charge in [0.25, 0.3) is 0 Å². The summed E-state index contributed by atoms with van der Waals surface area (Å²) in [6.07, 6.45) is 6.07. The summed E-state index contributed by atoms with van der Waals surface area (Å²) in [4.78, 5) is 28.2. The molecule has 1 aliphatic carbocycles. The van der Waals surface area contributed by atoms with Crippen molar-refractivity contribution in [2.24, 2.45) is 11.5 Å². The van der Waals surface area contributed by atoms with E-state index in [2.05, 4.69) is 10.3 Å². The van der Waals surface area contributed by atoms with Crippen LogP contribution in [-0.4, -0.2) is 23.3 Å². The van der Waals surface area contributed by atoms with Gasteiger partial charge in [0.05, 0.1) is 0 Å². The predicted octanol–water partition coefficient (Wildman–Crippen LogP) is 0.534. The highest BCUT2D eigenvalue weighted by molar-refractivity contribution is 5.98. The Morgan fingerprint density at radius 3 is 2.77 bits per heavy atom. The van der Waals surface area contributed by atoms with Gasteiger partial charge in [-0.05, 0) is 30.5 Å². The summed E-state index contributed by atoms with van der Waals surface area (Å²) in [5, 5.41) is 3.18. The molecule has 2 amide bonds. The number of rotatable bonds is 3. The number of hydrogen-bond acceptors (Lipinski definition) is 4. The van der Waals surface area contributed by atoms with Crippen molar-refractivity contribution in [2.45, 2.75) is 25.2 Å². The first-order valence-electron chi connectivity index (χ1n) is 7.16. The Kier molecular flexibility index (Phi) is 3.24. The number of carbonyl (C=O) groups excluding carboxylic acids is 2. The summed E-state index contributed by atoms with van der Waals surface area (Å²) in [6, 6.07) is 1.95. The van der Waals surface area contributed by atoms with Crippen molar-refractivity contribution in [3.05, 3.63) is 46.7 Å². The normalized spacial score (nSPS) is 23.1. The van der Waals surface area contributed by atoms with Crippen molar-refractivity contribution < 1.29 is 9.59 Å². The Morgan fingerprint density at radius 1 is 1.32 bits per heavy atom. The molecular weight excluding hydrogens is 280 g/mol. The number of pyridine rings is 1. The number of carbonyl (C=O) groups is 2. The fourth-order valence-corrected chi connectivity index (χ4v) is 3.18. The van der Waals surface area contributed by atoms with Gasteiger partial charge in [0.15, 0.2) is 0 Å². The number of primary amides is 2. The molecule has 0 aromatic carbocycles. The van der Waals surface area contributed by atoms with E-state index in [0.29, 0.717) is 11.1 Å². The number of anilines is 1. The van der Waals surface area contributed by atoms with Crippen molar-refractivity contribution in [3.8, 4) is 0 Å². The Morgan fingerprint density at radius 2 is 2.09 bits per heavy atom. The smallest absolute Gasteiger partial charge is 0.244 e. The number of nitrogens with zero attached hydrogens (tertiary/aromatic N) is 1. The van der Waals surface area contributed by atoms with Crippen molar-refractivity contribution in [1.29, 1.82) is 0 Å². The van der Waals surface area contributed by atoms with E-state index in [0.717, 1.165) is 29.9 Å². The maximum absolute atomic E-state index is 12.3. The predicted molar refractivity (Wildman–Crippen MR) is 83.0 cm³/mol. The molecule has 1 aromatic heterocycles. The molecule has 3 rings (SSSR count). The molecule has 0 radical (unpaired) electrons. The van der Waals surface area contributed by atoms with E-state index >= 15 is 0 Å². The van der Waals surface area contributed by atoms with Gasteiger partial charge < -0.3 is 16.8 Å². The molecule has 0 bridgehead atoms. The summed E-state index contributed by atoms with van der Waals surface area (Å²) >= 11 is 0.